The number of hydrogen-bond acceptors (Lipinski definition) is 8. The molecular weight excluding hydrogens is 459 g/mol. The third-order valence-corrected chi connectivity index (χ3v) is 5.17. The van der Waals surface area contributed by atoms with Crippen molar-refractivity contribution in [3.63, 3.8) is 0 Å². The summed E-state index contributed by atoms with van der Waals surface area (Å²) < 4.78 is 16.7. The molecule has 2 aromatic heterocycles. The first kappa shape index (κ1) is 20.0. The van der Waals surface area contributed by atoms with Crippen molar-refractivity contribution in [2.45, 2.75) is 17.6 Å². The normalized spacial score (nSPS) is 11.0. The first-order chi connectivity index (χ1) is 14.1. The van der Waals surface area contributed by atoms with Crippen molar-refractivity contribution >= 4 is 46.6 Å². The van der Waals surface area contributed by atoms with E-state index in [2.05, 4.69) is 20.4 Å². The van der Waals surface area contributed by atoms with E-state index in [0.717, 1.165) is 0 Å². The van der Waals surface area contributed by atoms with Crippen LogP contribution in [0.3, 0.4) is 0 Å². The van der Waals surface area contributed by atoms with Gasteiger partial charge in [0.15, 0.2) is 6.61 Å². The summed E-state index contributed by atoms with van der Waals surface area (Å²) in [5.74, 6) is 2.07. The predicted octanol–water partition coefficient (Wildman–Crippen LogP) is 5.95. The number of nitrogens with zero attached hydrogens (tertiary/aromatic N) is 4. The van der Waals surface area contributed by atoms with Crippen molar-refractivity contribution < 1.29 is 13.6 Å². The molecule has 0 atom stereocenters. The zero-order chi connectivity index (χ0) is 20.2. The highest BCUT2D eigenvalue weighted by atomic mass is 35.5. The largest absolute Gasteiger partial charge is 0.484 e. The Bertz CT molecular complexity index is 1120. The van der Waals surface area contributed by atoms with E-state index in [-0.39, 0.29) is 6.61 Å². The van der Waals surface area contributed by atoms with Gasteiger partial charge in [-0.1, -0.05) is 46.6 Å². The SMILES string of the molecule is Clc1ccc(OCc2nnc(SCc3nnc(-c4ccc(Cl)cc4Cl)o3)o2)cc1. The predicted molar refractivity (Wildman–Crippen MR) is 109 cm³/mol. The van der Waals surface area contributed by atoms with E-state index in [0.29, 0.717) is 55.0 Å². The Morgan fingerprint density at radius 1 is 0.828 bits per heavy atom. The van der Waals surface area contributed by atoms with Crippen LogP contribution in [0.2, 0.25) is 15.1 Å². The summed E-state index contributed by atoms with van der Waals surface area (Å²) in [4.78, 5) is 0. The van der Waals surface area contributed by atoms with Gasteiger partial charge in [-0.05, 0) is 42.5 Å². The van der Waals surface area contributed by atoms with E-state index in [1.54, 1.807) is 42.5 Å². The van der Waals surface area contributed by atoms with Gasteiger partial charge in [-0.15, -0.1) is 20.4 Å². The number of rotatable bonds is 7. The fourth-order valence-corrected chi connectivity index (χ4v) is 3.47. The van der Waals surface area contributed by atoms with E-state index < -0.39 is 0 Å². The molecule has 4 rings (SSSR count). The average Bonchev–Trinajstić information content (AvgIpc) is 3.35. The zero-order valence-electron chi connectivity index (χ0n) is 14.5. The van der Waals surface area contributed by atoms with Crippen molar-refractivity contribution in [3.05, 3.63) is 69.3 Å². The minimum Gasteiger partial charge on any atom is -0.484 e. The Morgan fingerprint density at radius 3 is 2.38 bits per heavy atom. The molecule has 148 valence electrons. The van der Waals surface area contributed by atoms with Crippen molar-refractivity contribution in [1.82, 2.24) is 20.4 Å². The molecule has 29 heavy (non-hydrogen) atoms. The van der Waals surface area contributed by atoms with Crippen LogP contribution in [0.1, 0.15) is 11.8 Å². The molecule has 0 spiro atoms. The van der Waals surface area contributed by atoms with Gasteiger partial charge >= 0.3 is 0 Å². The molecule has 0 N–H and O–H groups in total. The molecule has 0 aliphatic rings. The van der Waals surface area contributed by atoms with Gasteiger partial charge in [0.05, 0.1) is 16.3 Å². The van der Waals surface area contributed by atoms with Crippen molar-refractivity contribution in [1.29, 1.82) is 0 Å². The first-order valence-electron chi connectivity index (χ1n) is 8.18. The van der Waals surface area contributed by atoms with Gasteiger partial charge in [0.1, 0.15) is 5.75 Å². The van der Waals surface area contributed by atoms with E-state index in [9.17, 15) is 0 Å². The minimum absolute atomic E-state index is 0.148. The summed E-state index contributed by atoms with van der Waals surface area (Å²) in [6.07, 6.45) is 0. The fourth-order valence-electron chi connectivity index (χ4n) is 2.24. The van der Waals surface area contributed by atoms with Gasteiger partial charge in [-0.2, -0.15) is 0 Å². The summed E-state index contributed by atoms with van der Waals surface area (Å²) in [5, 5.41) is 17.9. The molecule has 4 aromatic rings. The molecule has 2 aromatic carbocycles. The van der Waals surface area contributed by atoms with E-state index in [1.165, 1.54) is 11.8 Å². The molecule has 11 heteroatoms. The lowest BCUT2D eigenvalue weighted by atomic mass is 10.2. The van der Waals surface area contributed by atoms with E-state index in [4.69, 9.17) is 48.4 Å². The van der Waals surface area contributed by atoms with Gasteiger partial charge in [0, 0.05) is 10.0 Å². The quantitative estimate of drug-likeness (QED) is 0.307. The number of aromatic nitrogens is 4. The van der Waals surface area contributed by atoms with Crippen LogP contribution in [0.4, 0.5) is 0 Å². The van der Waals surface area contributed by atoms with Crippen LogP contribution in [0.5, 0.6) is 5.75 Å². The van der Waals surface area contributed by atoms with Crippen LogP contribution >= 0.6 is 46.6 Å². The number of benzene rings is 2. The minimum atomic E-state index is 0.148. The molecule has 0 aliphatic carbocycles. The van der Waals surface area contributed by atoms with Gasteiger partial charge in [0.25, 0.3) is 11.1 Å². The Hall–Kier alpha value is -2.26. The summed E-state index contributed by atoms with van der Waals surface area (Å²) in [6.45, 7) is 0.148. The Balaban J connectivity index is 1.33. The highest BCUT2D eigenvalue weighted by molar-refractivity contribution is 7.98. The first-order valence-corrected chi connectivity index (χ1v) is 10.3. The fraction of sp³-hybridized carbons (Fsp3) is 0.111. The van der Waals surface area contributed by atoms with Crippen LogP contribution < -0.4 is 4.74 Å². The lowest BCUT2D eigenvalue weighted by molar-refractivity contribution is 0.252. The maximum Gasteiger partial charge on any atom is 0.277 e. The van der Waals surface area contributed by atoms with Crippen LogP contribution in [0.25, 0.3) is 11.5 Å². The molecular formula is C18H11Cl3N4O3S. The highest BCUT2D eigenvalue weighted by Crippen LogP contribution is 2.30. The number of hydrogen-bond donors (Lipinski definition) is 0. The lowest BCUT2D eigenvalue weighted by Crippen LogP contribution is -1.95. The Labute approximate surface area is 184 Å². The van der Waals surface area contributed by atoms with Gasteiger partial charge in [-0.25, -0.2) is 0 Å². The van der Waals surface area contributed by atoms with Gasteiger partial charge in [0.2, 0.25) is 11.8 Å². The number of thioether (sulfide) groups is 1. The molecule has 7 nitrogen and oxygen atoms in total. The topological polar surface area (TPSA) is 87.1 Å². The highest BCUT2D eigenvalue weighted by Gasteiger charge is 2.14. The van der Waals surface area contributed by atoms with Crippen molar-refractivity contribution in [3.8, 4) is 17.2 Å². The summed E-state index contributed by atoms with van der Waals surface area (Å²) in [7, 11) is 0. The van der Waals surface area contributed by atoms with Crippen LogP contribution in [0.15, 0.2) is 56.5 Å². The molecule has 0 aliphatic heterocycles. The van der Waals surface area contributed by atoms with E-state index in [1.807, 2.05) is 0 Å². The average molecular weight is 470 g/mol. The standard InChI is InChI=1S/C18H11Cl3N4O3S/c19-10-1-4-12(5-2-10)26-8-15-22-25-18(28-15)29-9-16-23-24-17(27-16)13-6-3-11(20)7-14(13)21/h1-7H,8-9H2. The zero-order valence-corrected chi connectivity index (χ0v) is 17.6. The molecule has 2 heterocycles. The summed E-state index contributed by atoms with van der Waals surface area (Å²) >= 11 is 19.2. The van der Waals surface area contributed by atoms with Crippen LogP contribution in [0, 0.1) is 0 Å². The molecule has 0 radical (unpaired) electrons. The Morgan fingerprint density at radius 2 is 1.59 bits per heavy atom. The summed E-state index contributed by atoms with van der Waals surface area (Å²) in [6, 6.07) is 12.0. The van der Waals surface area contributed by atoms with Crippen LogP contribution in [-0.2, 0) is 12.4 Å². The Kier molecular flexibility index (Phi) is 6.25. The molecule has 0 saturated carbocycles. The van der Waals surface area contributed by atoms with Gasteiger partial charge in [-0.3, -0.25) is 0 Å². The molecule has 0 amide bonds. The maximum atomic E-state index is 6.16. The molecule has 0 unspecified atom stereocenters. The second-order valence-corrected chi connectivity index (χ2v) is 7.82. The molecule has 0 bridgehead atoms. The lowest BCUT2D eigenvalue weighted by Gasteiger charge is -2.02. The van der Waals surface area contributed by atoms with Gasteiger partial charge < -0.3 is 13.6 Å². The summed E-state index contributed by atoms with van der Waals surface area (Å²) in [5.41, 5.74) is 0.610. The van der Waals surface area contributed by atoms with Crippen molar-refractivity contribution in [2.75, 3.05) is 0 Å². The maximum absolute atomic E-state index is 6.16. The van der Waals surface area contributed by atoms with E-state index >= 15 is 0 Å². The third kappa shape index (κ3) is 5.22. The smallest absolute Gasteiger partial charge is 0.277 e. The van der Waals surface area contributed by atoms with Crippen molar-refractivity contribution in [2.24, 2.45) is 0 Å². The molecule has 0 fully saturated rings. The second-order valence-electron chi connectivity index (χ2n) is 5.62. The van der Waals surface area contributed by atoms with Crippen LogP contribution in [-0.4, -0.2) is 20.4 Å². The molecule has 0 saturated heterocycles. The monoisotopic (exact) mass is 468 g/mol. The number of ether oxygens (including phenoxy) is 1. The number of halogens is 3. The third-order valence-electron chi connectivity index (χ3n) is 3.57. The second kappa shape index (κ2) is 9.04.